The number of aromatic nitrogens is 1. The lowest BCUT2D eigenvalue weighted by molar-refractivity contribution is 0.102. The fraction of sp³-hybridized carbons (Fsp3) is 0. The van der Waals surface area contributed by atoms with Crippen LogP contribution in [0.15, 0.2) is 30.5 Å². The molecule has 19 heavy (non-hydrogen) atoms. The van der Waals surface area contributed by atoms with Gasteiger partial charge < -0.3 is 5.32 Å². The van der Waals surface area contributed by atoms with Gasteiger partial charge in [0.2, 0.25) is 0 Å². The first kappa shape index (κ1) is 14.1. The maximum Gasteiger partial charge on any atom is 0.257 e. The van der Waals surface area contributed by atoms with Crippen LogP contribution in [-0.4, -0.2) is 10.9 Å². The number of hydrogen-bond donors (Lipinski definition) is 1. The van der Waals surface area contributed by atoms with Gasteiger partial charge in [-0.25, -0.2) is 9.37 Å². The third-order valence-electron chi connectivity index (χ3n) is 2.23. The molecule has 0 atom stereocenters. The Hall–Kier alpha value is -1.36. The summed E-state index contributed by atoms with van der Waals surface area (Å²) in [4.78, 5) is 15.6. The summed E-state index contributed by atoms with van der Waals surface area (Å²) < 4.78 is 13.2. The molecule has 2 aromatic rings. The quantitative estimate of drug-likeness (QED) is 0.657. The smallest absolute Gasteiger partial charge is 0.257 e. The highest BCUT2D eigenvalue weighted by molar-refractivity contribution is 6.35. The molecule has 0 unspecified atom stereocenters. The number of anilines is 1. The average molecular weight is 320 g/mol. The van der Waals surface area contributed by atoms with Gasteiger partial charge in [0.05, 0.1) is 15.6 Å². The molecule has 98 valence electrons. The van der Waals surface area contributed by atoms with Crippen molar-refractivity contribution >= 4 is 46.4 Å². The number of carbonyl (C=O) groups excluding carboxylic acids is 1. The topological polar surface area (TPSA) is 42.0 Å². The summed E-state index contributed by atoms with van der Waals surface area (Å²) in [5.74, 6) is -1.16. The number of pyridine rings is 1. The number of nitrogens with zero attached hydrogens (tertiary/aromatic N) is 1. The van der Waals surface area contributed by atoms with E-state index in [1.807, 2.05) is 0 Å². The third-order valence-corrected chi connectivity index (χ3v) is 3.00. The minimum atomic E-state index is -0.727. The Kier molecular flexibility index (Phi) is 4.24. The van der Waals surface area contributed by atoms with Gasteiger partial charge in [-0.15, -0.1) is 0 Å². The lowest BCUT2D eigenvalue weighted by Crippen LogP contribution is -2.12. The number of benzene rings is 1. The second-order valence-corrected chi connectivity index (χ2v) is 4.78. The molecule has 1 aromatic heterocycles. The Morgan fingerprint density at radius 2 is 1.79 bits per heavy atom. The van der Waals surface area contributed by atoms with Gasteiger partial charge >= 0.3 is 0 Å². The van der Waals surface area contributed by atoms with Crippen molar-refractivity contribution in [1.29, 1.82) is 0 Å². The van der Waals surface area contributed by atoms with E-state index in [2.05, 4.69) is 10.3 Å². The van der Waals surface area contributed by atoms with Crippen molar-refractivity contribution < 1.29 is 9.18 Å². The lowest BCUT2D eigenvalue weighted by Gasteiger charge is -2.07. The summed E-state index contributed by atoms with van der Waals surface area (Å²) in [6.45, 7) is 0. The number of carbonyl (C=O) groups is 1. The van der Waals surface area contributed by atoms with Crippen molar-refractivity contribution in [1.82, 2.24) is 4.98 Å². The van der Waals surface area contributed by atoms with Gasteiger partial charge in [0.1, 0.15) is 5.15 Å². The van der Waals surface area contributed by atoms with E-state index in [9.17, 15) is 9.18 Å². The first-order chi connectivity index (χ1) is 8.97. The molecule has 0 aliphatic carbocycles. The molecule has 0 spiro atoms. The first-order valence-electron chi connectivity index (χ1n) is 5.05. The maximum atomic E-state index is 13.2. The Morgan fingerprint density at radius 3 is 2.32 bits per heavy atom. The van der Waals surface area contributed by atoms with Gasteiger partial charge in [0.25, 0.3) is 5.91 Å². The highest BCUT2D eigenvalue weighted by Crippen LogP contribution is 2.27. The second-order valence-electron chi connectivity index (χ2n) is 3.58. The van der Waals surface area contributed by atoms with Gasteiger partial charge in [-0.2, -0.15) is 0 Å². The van der Waals surface area contributed by atoms with Gasteiger partial charge in [0.15, 0.2) is 5.82 Å². The van der Waals surface area contributed by atoms with Crippen LogP contribution in [-0.2, 0) is 0 Å². The second kappa shape index (κ2) is 5.74. The minimum Gasteiger partial charge on any atom is -0.322 e. The van der Waals surface area contributed by atoms with Crippen LogP contribution in [0.2, 0.25) is 15.2 Å². The van der Waals surface area contributed by atoms with E-state index in [0.29, 0.717) is 5.56 Å². The molecule has 0 fully saturated rings. The van der Waals surface area contributed by atoms with E-state index in [4.69, 9.17) is 34.8 Å². The standard InChI is InChI=1S/C12H6Cl3FN2O/c13-8-3-7(4-9(14)11(8)16)18-12(19)6-1-2-10(15)17-5-6/h1-5H,(H,18,19). The summed E-state index contributed by atoms with van der Waals surface area (Å²) in [6.07, 6.45) is 1.32. The van der Waals surface area contributed by atoms with Crippen LogP contribution in [0.3, 0.4) is 0 Å². The number of amides is 1. The largest absolute Gasteiger partial charge is 0.322 e. The predicted octanol–water partition coefficient (Wildman–Crippen LogP) is 4.43. The van der Waals surface area contributed by atoms with Crippen LogP contribution in [0.25, 0.3) is 0 Å². The molecule has 7 heteroatoms. The normalized spacial score (nSPS) is 10.3. The van der Waals surface area contributed by atoms with Crippen molar-refractivity contribution in [2.24, 2.45) is 0 Å². The zero-order chi connectivity index (χ0) is 14.0. The molecule has 0 aliphatic rings. The Balaban J connectivity index is 2.22. The lowest BCUT2D eigenvalue weighted by atomic mass is 10.2. The molecule has 3 nitrogen and oxygen atoms in total. The first-order valence-corrected chi connectivity index (χ1v) is 6.18. The zero-order valence-corrected chi connectivity index (χ0v) is 11.5. The van der Waals surface area contributed by atoms with Crippen molar-refractivity contribution in [3.63, 3.8) is 0 Å². The summed E-state index contributed by atoms with van der Waals surface area (Å²) in [5, 5.41) is 2.47. The Labute approximate surface area is 123 Å². The third kappa shape index (κ3) is 3.35. The van der Waals surface area contributed by atoms with Crippen LogP contribution in [0.1, 0.15) is 10.4 Å². The van der Waals surface area contributed by atoms with E-state index in [0.717, 1.165) is 0 Å². The van der Waals surface area contributed by atoms with Crippen LogP contribution in [0, 0.1) is 5.82 Å². The van der Waals surface area contributed by atoms with E-state index in [1.54, 1.807) is 0 Å². The number of hydrogen-bond acceptors (Lipinski definition) is 2. The molecule has 0 saturated heterocycles. The SMILES string of the molecule is O=C(Nc1cc(Cl)c(F)c(Cl)c1)c1ccc(Cl)nc1. The Bertz CT molecular complexity index is 608. The summed E-state index contributed by atoms with van der Waals surface area (Å²) in [7, 11) is 0. The number of halogens is 4. The molecule has 2 rings (SSSR count). The summed E-state index contributed by atoms with van der Waals surface area (Å²) >= 11 is 16.9. The molecule has 1 amide bonds. The molecule has 1 heterocycles. The van der Waals surface area contributed by atoms with Crippen molar-refractivity contribution in [3.05, 3.63) is 57.0 Å². The molecule has 1 N–H and O–H groups in total. The maximum absolute atomic E-state index is 13.2. The van der Waals surface area contributed by atoms with Crippen LogP contribution in [0.5, 0.6) is 0 Å². The molecule has 0 aliphatic heterocycles. The van der Waals surface area contributed by atoms with Gasteiger partial charge in [-0.1, -0.05) is 34.8 Å². The molecular formula is C12H6Cl3FN2O. The summed E-state index contributed by atoms with van der Waals surface area (Å²) in [5.41, 5.74) is 0.595. The molecule has 1 aromatic carbocycles. The Morgan fingerprint density at radius 1 is 1.16 bits per heavy atom. The van der Waals surface area contributed by atoms with E-state index >= 15 is 0 Å². The fourth-order valence-electron chi connectivity index (χ4n) is 1.34. The zero-order valence-electron chi connectivity index (χ0n) is 9.25. The average Bonchev–Trinajstić information content (AvgIpc) is 2.36. The molecule has 0 saturated carbocycles. The van der Waals surface area contributed by atoms with Crippen molar-refractivity contribution in [2.45, 2.75) is 0 Å². The van der Waals surface area contributed by atoms with Crippen LogP contribution < -0.4 is 5.32 Å². The minimum absolute atomic E-state index is 0.169. The van der Waals surface area contributed by atoms with E-state index < -0.39 is 11.7 Å². The summed E-state index contributed by atoms with van der Waals surface area (Å²) in [6, 6.07) is 5.53. The number of nitrogens with one attached hydrogen (secondary N) is 1. The highest BCUT2D eigenvalue weighted by atomic mass is 35.5. The van der Waals surface area contributed by atoms with E-state index in [-0.39, 0.29) is 20.9 Å². The molecule has 0 bridgehead atoms. The number of rotatable bonds is 2. The van der Waals surface area contributed by atoms with Crippen molar-refractivity contribution in [2.75, 3.05) is 5.32 Å². The monoisotopic (exact) mass is 318 g/mol. The van der Waals surface area contributed by atoms with Gasteiger partial charge in [-0.05, 0) is 24.3 Å². The fourth-order valence-corrected chi connectivity index (χ4v) is 1.94. The van der Waals surface area contributed by atoms with E-state index in [1.165, 1.54) is 30.5 Å². The highest BCUT2D eigenvalue weighted by Gasteiger charge is 2.11. The van der Waals surface area contributed by atoms with Crippen LogP contribution in [0.4, 0.5) is 10.1 Å². The van der Waals surface area contributed by atoms with Crippen LogP contribution >= 0.6 is 34.8 Å². The molecular weight excluding hydrogens is 314 g/mol. The van der Waals surface area contributed by atoms with Gasteiger partial charge in [0, 0.05) is 11.9 Å². The predicted molar refractivity (Wildman–Crippen MR) is 73.6 cm³/mol. The van der Waals surface area contributed by atoms with Crippen molar-refractivity contribution in [3.8, 4) is 0 Å². The van der Waals surface area contributed by atoms with Gasteiger partial charge in [-0.3, -0.25) is 4.79 Å². The molecule has 0 radical (unpaired) electrons.